The van der Waals surface area contributed by atoms with Gasteiger partial charge in [-0.15, -0.1) is 0 Å². The molecule has 0 spiro atoms. The summed E-state index contributed by atoms with van der Waals surface area (Å²) in [6.45, 7) is 1.31. The maximum absolute atomic E-state index is 13.3. The number of ether oxygens (including phenoxy) is 1. The van der Waals surface area contributed by atoms with Gasteiger partial charge in [0.1, 0.15) is 6.54 Å². The molecule has 3 rings (SSSR count). The lowest BCUT2D eigenvalue weighted by Gasteiger charge is -2.25. The molecule has 0 aliphatic carbocycles. The Balaban J connectivity index is 1.82. The van der Waals surface area contributed by atoms with Gasteiger partial charge in [0.25, 0.3) is 15.9 Å². The fourth-order valence-corrected chi connectivity index (χ4v) is 4.49. The summed E-state index contributed by atoms with van der Waals surface area (Å²) in [5.74, 6) is -0.372. The number of aromatic hydroxyl groups is 1. The summed E-state index contributed by atoms with van der Waals surface area (Å²) < 4.78 is 32.7. The minimum atomic E-state index is -3.99. The zero-order valence-corrected chi connectivity index (χ0v) is 18.4. The third-order valence-corrected chi connectivity index (χ3v) is 6.38. The number of rotatable bonds is 8. The molecular formula is C23H23N3O5S. The normalized spacial score (nSPS) is 11.3. The highest BCUT2D eigenvalue weighted by Crippen LogP contribution is 2.27. The first-order valence-corrected chi connectivity index (χ1v) is 11.1. The summed E-state index contributed by atoms with van der Waals surface area (Å²) in [7, 11) is -2.56. The van der Waals surface area contributed by atoms with E-state index in [1.54, 1.807) is 61.5 Å². The SMILES string of the molecule is COc1cc(C=NNC(=O)CN(c2ccccc2C)S(=O)(=O)c2ccccc2)ccc1O. The molecule has 2 N–H and O–H groups in total. The van der Waals surface area contributed by atoms with Crippen LogP contribution in [0.25, 0.3) is 0 Å². The first-order chi connectivity index (χ1) is 15.3. The number of sulfonamides is 1. The van der Waals surface area contributed by atoms with E-state index in [2.05, 4.69) is 10.5 Å². The van der Waals surface area contributed by atoms with Crippen LogP contribution in [0.15, 0.2) is 82.8 Å². The number of phenols is 1. The third kappa shape index (κ3) is 5.25. The summed E-state index contributed by atoms with van der Waals surface area (Å²) in [6.07, 6.45) is 1.36. The van der Waals surface area contributed by atoms with Crippen molar-refractivity contribution in [3.05, 3.63) is 83.9 Å². The van der Waals surface area contributed by atoms with Crippen LogP contribution >= 0.6 is 0 Å². The van der Waals surface area contributed by atoms with Crippen LogP contribution in [0.4, 0.5) is 5.69 Å². The van der Waals surface area contributed by atoms with Crippen LogP contribution in [0.2, 0.25) is 0 Å². The summed E-state index contributed by atoms with van der Waals surface area (Å²) in [5.41, 5.74) is 4.03. The molecule has 0 bridgehead atoms. The van der Waals surface area contributed by atoms with Crippen molar-refractivity contribution in [2.75, 3.05) is 18.0 Å². The first-order valence-electron chi connectivity index (χ1n) is 9.65. The standard InChI is InChI=1S/C23H23N3O5S/c1-17-8-6-7-11-20(17)26(32(29,30)19-9-4-3-5-10-19)16-23(28)25-24-15-18-12-13-21(27)22(14-18)31-2/h3-15,27H,16H2,1-2H3,(H,25,28). The molecule has 0 unspecified atom stereocenters. The fraction of sp³-hybridized carbons (Fsp3) is 0.130. The highest BCUT2D eigenvalue weighted by Gasteiger charge is 2.27. The molecule has 0 saturated heterocycles. The second-order valence-corrected chi connectivity index (χ2v) is 8.70. The third-order valence-electron chi connectivity index (χ3n) is 4.61. The highest BCUT2D eigenvalue weighted by molar-refractivity contribution is 7.92. The monoisotopic (exact) mass is 453 g/mol. The number of aryl methyl sites for hydroxylation is 1. The van der Waals surface area contributed by atoms with Crippen molar-refractivity contribution >= 4 is 27.8 Å². The smallest absolute Gasteiger partial charge is 0.264 e. The largest absolute Gasteiger partial charge is 0.504 e. The van der Waals surface area contributed by atoms with Crippen molar-refractivity contribution in [1.82, 2.24) is 5.43 Å². The molecule has 0 heterocycles. The van der Waals surface area contributed by atoms with E-state index < -0.39 is 22.5 Å². The number of carbonyl (C=O) groups is 1. The number of amides is 1. The minimum Gasteiger partial charge on any atom is -0.504 e. The highest BCUT2D eigenvalue weighted by atomic mass is 32.2. The Morgan fingerprint density at radius 2 is 1.78 bits per heavy atom. The molecule has 0 fully saturated rings. The number of para-hydroxylation sites is 1. The van der Waals surface area contributed by atoms with Crippen molar-refractivity contribution in [2.45, 2.75) is 11.8 Å². The Hall–Kier alpha value is -3.85. The van der Waals surface area contributed by atoms with Gasteiger partial charge < -0.3 is 9.84 Å². The van der Waals surface area contributed by atoms with Gasteiger partial charge in [0.05, 0.1) is 23.9 Å². The molecular weight excluding hydrogens is 430 g/mol. The zero-order valence-electron chi connectivity index (χ0n) is 17.6. The molecule has 3 aromatic carbocycles. The fourth-order valence-electron chi connectivity index (χ4n) is 2.98. The number of phenolic OH excluding ortho intramolecular Hbond substituents is 1. The van der Waals surface area contributed by atoms with Crippen molar-refractivity contribution in [3.8, 4) is 11.5 Å². The van der Waals surface area contributed by atoms with Crippen LogP contribution in [0, 0.1) is 6.92 Å². The summed E-state index contributed by atoms with van der Waals surface area (Å²) in [6, 6.07) is 19.4. The molecule has 0 aliphatic heterocycles. The van der Waals surface area contributed by atoms with Gasteiger partial charge in [-0.3, -0.25) is 9.10 Å². The van der Waals surface area contributed by atoms with E-state index in [4.69, 9.17) is 4.74 Å². The number of nitrogens with one attached hydrogen (secondary N) is 1. The number of benzene rings is 3. The van der Waals surface area contributed by atoms with Gasteiger partial charge in [-0.25, -0.2) is 13.8 Å². The average Bonchev–Trinajstić information content (AvgIpc) is 2.79. The Morgan fingerprint density at radius 1 is 1.09 bits per heavy atom. The predicted octanol–water partition coefficient (Wildman–Crippen LogP) is 3.05. The van der Waals surface area contributed by atoms with E-state index in [1.165, 1.54) is 31.5 Å². The van der Waals surface area contributed by atoms with E-state index >= 15 is 0 Å². The number of anilines is 1. The van der Waals surface area contributed by atoms with Crippen LogP contribution in [-0.4, -0.2) is 39.3 Å². The number of nitrogens with zero attached hydrogens (tertiary/aromatic N) is 2. The molecule has 0 saturated carbocycles. The van der Waals surface area contributed by atoms with Gasteiger partial charge >= 0.3 is 0 Å². The Labute approximate surface area is 186 Å². The lowest BCUT2D eigenvalue weighted by atomic mass is 10.2. The number of methoxy groups -OCH3 is 1. The molecule has 166 valence electrons. The van der Waals surface area contributed by atoms with Gasteiger partial charge in [0.15, 0.2) is 11.5 Å². The van der Waals surface area contributed by atoms with Crippen LogP contribution in [0.3, 0.4) is 0 Å². The zero-order chi connectivity index (χ0) is 23.1. The minimum absolute atomic E-state index is 0.0197. The predicted molar refractivity (Wildman–Crippen MR) is 123 cm³/mol. The van der Waals surface area contributed by atoms with Gasteiger partial charge in [0.2, 0.25) is 0 Å². The molecule has 0 atom stereocenters. The first kappa shape index (κ1) is 22.8. The number of carbonyl (C=O) groups excluding carboxylic acids is 1. The summed E-state index contributed by atoms with van der Waals surface area (Å²) in [5, 5.41) is 13.5. The Morgan fingerprint density at radius 3 is 2.47 bits per heavy atom. The lowest BCUT2D eigenvalue weighted by Crippen LogP contribution is -2.40. The van der Waals surface area contributed by atoms with E-state index in [-0.39, 0.29) is 16.4 Å². The second kappa shape index (κ2) is 9.97. The average molecular weight is 454 g/mol. The lowest BCUT2D eigenvalue weighted by molar-refractivity contribution is -0.119. The molecule has 1 amide bonds. The van der Waals surface area contributed by atoms with Gasteiger partial charge in [0, 0.05) is 0 Å². The molecule has 32 heavy (non-hydrogen) atoms. The van der Waals surface area contributed by atoms with Crippen LogP contribution in [0.1, 0.15) is 11.1 Å². The van der Waals surface area contributed by atoms with Crippen molar-refractivity contribution < 1.29 is 23.1 Å². The summed E-state index contributed by atoms with van der Waals surface area (Å²) >= 11 is 0. The van der Waals surface area contributed by atoms with Crippen molar-refractivity contribution in [2.24, 2.45) is 5.10 Å². The quantitative estimate of drug-likeness (QED) is 0.403. The van der Waals surface area contributed by atoms with E-state index in [0.717, 1.165) is 4.31 Å². The second-order valence-electron chi connectivity index (χ2n) is 6.84. The molecule has 8 nitrogen and oxygen atoms in total. The Bertz CT molecular complexity index is 1230. The van der Waals surface area contributed by atoms with Gasteiger partial charge in [-0.1, -0.05) is 36.4 Å². The van der Waals surface area contributed by atoms with E-state index in [9.17, 15) is 18.3 Å². The Kier molecular flexibility index (Phi) is 7.11. The number of hydrazone groups is 1. The van der Waals surface area contributed by atoms with Crippen LogP contribution < -0.4 is 14.5 Å². The molecule has 3 aromatic rings. The van der Waals surface area contributed by atoms with Crippen LogP contribution in [-0.2, 0) is 14.8 Å². The van der Waals surface area contributed by atoms with Crippen LogP contribution in [0.5, 0.6) is 11.5 Å². The molecule has 0 aliphatic rings. The van der Waals surface area contributed by atoms with E-state index in [0.29, 0.717) is 16.8 Å². The molecule has 9 heteroatoms. The number of hydrogen-bond acceptors (Lipinski definition) is 6. The van der Waals surface area contributed by atoms with E-state index in [1.807, 2.05) is 0 Å². The van der Waals surface area contributed by atoms with Gasteiger partial charge in [-0.2, -0.15) is 5.10 Å². The molecule has 0 radical (unpaired) electrons. The number of hydrogen-bond donors (Lipinski definition) is 2. The van der Waals surface area contributed by atoms with Gasteiger partial charge in [-0.05, 0) is 54.4 Å². The van der Waals surface area contributed by atoms with Crippen molar-refractivity contribution in [1.29, 1.82) is 0 Å². The van der Waals surface area contributed by atoms with Crippen molar-refractivity contribution in [3.63, 3.8) is 0 Å². The summed E-state index contributed by atoms with van der Waals surface area (Å²) in [4.78, 5) is 12.7. The maximum Gasteiger partial charge on any atom is 0.264 e. The topological polar surface area (TPSA) is 108 Å². The molecule has 0 aromatic heterocycles. The maximum atomic E-state index is 13.3.